The summed E-state index contributed by atoms with van der Waals surface area (Å²) in [5.74, 6) is -0.330. The summed E-state index contributed by atoms with van der Waals surface area (Å²) >= 11 is 0. The highest BCUT2D eigenvalue weighted by molar-refractivity contribution is 7.86. The molecule has 0 bridgehead atoms. The number of aromatic nitrogens is 4. The molecule has 14 heteroatoms. The second-order valence-corrected chi connectivity index (χ2v) is 8.43. The van der Waals surface area contributed by atoms with Crippen LogP contribution in [-0.2, 0) is 19.7 Å². The second kappa shape index (κ2) is 8.05. The first-order valence-electron chi connectivity index (χ1n) is 9.26. The van der Waals surface area contributed by atoms with Crippen LogP contribution in [0.5, 0.6) is 0 Å². The van der Waals surface area contributed by atoms with Crippen molar-refractivity contribution in [3.05, 3.63) is 42.0 Å². The molecule has 0 radical (unpaired) electrons. The zero-order valence-electron chi connectivity index (χ0n) is 16.5. The number of nitrogen functional groups attached to an aromatic ring is 1. The number of imidazole rings is 1. The molecule has 1 aliphatic heterocycles. The molecule has 170 valence electrons. The molecular weight excluding hydrogens is 449 g/mol. The molecule has 1 aliphatic rings. The van der Waals surface area contributed by atoms with Gasteiger partial charge in [0.2, 0.25) is 0 Å². The summed E-state index contributed by atoms with van der Waals surface area (Å²) in [5, 5.41) is 20.8. The number of aliphatic hydroxyl groups is 2. The van der Waals surface area contributed by atoms with Crippen LogP contribution < -0.4 is 5.73 Å². The highest BCUT2D eigenvalue weighted by Crippen LogP contribution is 2.32. The molecule has 2 aromatic heterocycles. The van der Waals surface area contributed by atoms with Gasteiger partial charge < -0.3 is 25.4 Å². The zero-order chi connectivity index (χ0) is 23.2. The SMILES string of the molecule is Cc1nc(N)c2ncn([C@@H]3O[C@H](COC(=O)c4ccc(S(=O)(=O)F)cc4)[C@@H](O)[C@H]3O)c2n1. The molecule has 0 saturated carbocycles. The fraction of sp³-hybridized carbons (Fsp3) is 0.333. The largest absolute Gasteiger partial charge is 0.459 e. The third-order valence-corrected chi connectivity index (χ3v) is 5.76. The van der Waals surface area contributed by atoms with Gasteiger partial charge in [0.05, 0.1) is 16.8 Å². The van der Waals surface area contributed by atoms with Gasteiger partial charge in [0, 0.05) is 0 Å². The third kappa shape index (κ3) is 4.00. The normalized spacial score (nSPS) is 23.5. The van der Waals surface area contributed by atoms with E-state index in [1.54, 1.807) is 6.92 Å². The number of ether oxygens (including phenoxy) is 2. The highest BCUT2D eigenvalue weighted by atomic mass is 32.3. The number of esters is 1. The molecule has 0 unspecified atom stereocenters. The molecule has 0 aliphatic carbocycles. The van der Waals surface area contributed by atoms with Crippen molar-refractivity contribution in [2.45, 2.75) is 36.4 Å². The number of aryl methyl sites for hydroxylation is 1. The van der Waals surface area contributed by atoms with Gasteiger partial charge in [-0.05, 0) is 31.2 Å². The number of carbonyl (C=O) groups is 1. The Hall–Kier alpha value is -3.20. The fourth-order valence-electron chi connectivity index (χ4n) is 3.33. The second-order valence-electron chi connectivity index (χ2n) is 7.09. The van der Waals surface area contributed by atoms with E-state index in [9.17, 15) is 27.3 Å². The fourth-order valence-corrected chi connectivity index (χ4v) is 3.79. The van der Waals surface area contributed by atoms with Crippen molar-refractivity contribution in [2.24, 2.45) is 0 Å². The van der Waals surface area contributed by atoms with Crippen LogP contribution >= 0.6 is 0 Å². The van der Waals surface area contributed by atoms with Crippen molar-refractivity contribution < 1.29 is 36.8 Å². The summed E-state index contributed by atoms with van der Waals surface area (Å²) in [5.41, 5.74) is 6.40. The minimum Gasteiger partial charge on any atom is -0.459 e. The minimum atomic E-state index is -4.89. The van der Waals surface area contributed by atoms with Crippen LogP contribution in [-0.4, -0.2) is 69.0 Å². The Morgan fingerprint density at radius 3 is 2.59 bits per heavy atom. The third-order valence-electron chi connectivity index (χ3n) is 4.92. The number of nitrogens with two attached hydrogens (primary N) is 1. The van der Waals surface area contributed by atoms with Crippen LogP contribution in [0, 0.1) is 6.92 Å². The molecule has 3 aromatic rings. The first-order valence-corrected chi connectivity index (χ1v) is 10.6. The summed E-state index contributed by atoms with van der Waals surface area (Å²) in [6, 6.07) is 4.02. The molecule has 1 saturated heterocycles. The minimum absolute atomic E-state index is 0.0368. The van der Waals surface area contributed by atoms with Crippen molar-refractivity contribution in [1.82, 2.24) is 19.5 Å². The maximum atomic E-state index is 12.9. The Morgan fingerprint density at radius 2 is 1.94 bits per heavy atom. The molecule has 32 heavy (non-hydrogen) atoms. The van der Waals surface area contributed by atoms with Gasteiger partial charge in [-0.15, -0.1) is 3.89 Å². The molecule has 1 aromatic carbocycles. The smallest absolute Gasteiger partial charge is 0.338 e. The topological polar surface area (TPSA) is 180 Å². The Morgan fingerprint density at radius 1 is 1.25 bits per heavy atom. The maximum absolute atomic E-state index is 12.9. The number of nitrogens with zero attached hydrogens (tertiary/aromatic N) is 4. The molecule has 4 N–H and O–H groups in total. The lowest BCUT2D eigenvalue weighted by Crippen LogP contribution is -2.34. The van der Waals surface area contributed by atoms with Gasteiger partial charge >= 0.3 is 16.2 Å². The number of hydrogen-bond donors (Lipinski definition) is 3. The lowest BCUT2D eigenvalue weighted by Gasteiger charge is -2.16. The van der Waals surface area contributed by atoms with E-state index < -0.39 is 52.2 Å². The van der Waals surface area contributed by atoms with Gasteiger partial charge in [-0.1, -0.05) is 0 Å². The van der Waals surface area contributed by atoms with Gasteiger partial charge in [0.1, 0.15) is 36.3 Å². The molecule has 1 fully saturated rings. The first-order chi connectivity index (χ1) is 15.1. The summed E-state index contributed by atoms with van der Waals surface area (Å²) in [4.78, 5) is 24.0. The van der Waals surface area contributed by atoms with Crippen molar-refractivity contribution in [2.75, 3.05) is 12.3 Å². The monoisotopic (exact) mass is 467 g/mol. The molecule has 4 atom stereocenters. The summed E-state index contributed by atoms with van der Waals surface area (Å²) < 4.78 is 46.8. The number of aliphatic hydroxyl groups excluding tert-OH is 2. The van der Waals surface area contributed by atoms with E-state index in [4.69, 9.17) is 15.2 Å². The number of rotatable bonds is 5. The Kier molecular flexibility index (Phi) is 5.54. The molecule has 0 spiro atoms. The van der Waals surface area contributed by atoms with Crippen molar-refractivity contribution >= 4 is 33.2 Å². The molecule has 3 heterocycles. The number of fused-ring (bicyclic) bond motifs is 1. The van der Waals surface area contributed by atoms with Crippen LogP contribution in [0.3, 0.4) is 0 Å². The van der Waals surface area contributed by atoms with Crippen LogP contribution in [0.1, 0.15) is 22.4 Å². The van der Waals surface area contributed by atoms with E-state index in [1.165, 1.54) is 10.9 Å². The lowest BCUT2D eigenvalue weighted by molar-refractivity contribution is -0.0565. The van der Waals surface area contributed by atoms with Gasteiger partial charge in [-0.3, -0.25) is 4.57 Å². The predicted octanol–water partition coefficient (Wildman–Crippen LogP) is -0.149. The van der Waals surface area contributed by atoms with Crippen LogP contribution in [0.2, 0.25) is 0 Å². The Labute approximate surface area is 180 Å². The van der Waals surface area contributed by atoms with E-state index in [0.717, 1.165) is 24.3 Å². The first kappa shape index (κ1) is 22.0. The number of benzene rings is 1. The molecule has 4 rings (SSSR count). The van der Waals surface area contributed by atoms with Crippen molar-refractivity contribution in [3.8, 4) is 0 Å². The van der Waals surface area contributed by atoms with Crippen LogP contribution in [0.15, 0.2) is 35.5 Å². The predicted molar refractivity (Wildman–Crippen MR) is 105 cm³/mol. The van der Waals surface area contributed by atoms with Gasteiger partial charge in [0.15, 0.2) is 17.7 Å². The molecule has 0 amide bonds. The van der Waals surface area contributed by atoms with Gasteiger partial charge in [-0.25, -0.2) is 19.7 Å². The number of anilines is 1. The van der Waals surface area contributed by atoms with Crippen molar-refractivity contribution in [1.29, 1.82) is 0 Å². The number of hydrogen-bond acceptors (Lipinski definition) is 11. The van der Waals surface area contributed by atoms with Crippen LogP contribution in [0.25, 0.3) is 11.2 Å². The Balaban J connectivity index is 1.47. The van der Waals surface area contributed by atoms with E-state index in [-0.39, 0.29) is 11.4 Å². The highest BCUT2D eigenvalue weighted by Gasteiger charge is 2.45. The zero-order valence-corrected chi connectivity index (χ0v) is 17.3. The van der Waals surface area contributed by atoms with E-state index in [1.807, 2.05) is 0 Å². The molecule has 12 nitrogen and oxygen atoms in total. The Bertz CT molecular complexity index is 1280. The van der Waals surface area contributed by atoms with Gasteiger partial charge in [-0.2, -0.15) is 8.42 Å². The molecular formula is C18H18FN5O7S. The lowest BCUT2D eigenvalue weighted by atomic mass is 10.1. The average molecular weight is 467 g/mol. The summed E-state index contributed by atoms with van der Waals surface area (Å²) in [6.07, 6.45) is -3.61. The average Bonchev–Trinajstić information content (AvgIpc) is 3.27. The number of carbonyl (C=O) groups excluding carboxylic acids is 1. The quantitative estimate of drug-likeness (QED) is 0.335. The summed E-state index contributed by atoms with van der Waals surface area (Å²) in [6.45, 7) is 1.21. The van der Waals surface area contributed by atoms with E-state index >= 15 is 0 Å². The van der Waals surface area contributed by atoms with E-state index in [0.29, 0.717) is 17.0 Å². The van der Waals surface area contributed by atoms with Crippen molar-refractivity contribution in [3.63, 3.8) is 0 Å². The number of halogens is 1. The maximum Gasteiger partial charge on any atom is 0.338 e. The van der Waals surface area contributed by atoms with Gasteiger partial charge in [0.25, 0.3) is 0 Å². The van der Waals surface area contributed by atoms with Crippen LogP contribution in [0.4, 0.5) is 9.70 Å². The van der Waals surface area contributed by atoms with E-state index in [2.05, 4.69) is 15.0 Å². The summed E-state index contributed by atoms with van der Waals surface area (Å²) in [7, 11) is -4.89. The standard InChI is InChI=1S/C18H18FN5O7S/c1-8-22-15(20)12-16(23-8)24(7-21-12)17-14(26)13(25)11(31-17)6-30-18(27)9-2-4-10(5-3-9)32(19,28)29/h2-5,7,11,13-14,17,25-26H,6H2,1H3,(H2,20,22,23)/t11-,13-,14-,17-/m1/s1.